The Balaban J connectivity index is -0.000000503. The molecule has 0 aromatic carbocycles. The molecule has 150 valence electrons. The molecule has 0 aliphatic rings. The van der Waals surface area contributed by atoms with Crippen LogP contribution in [0.15, 0.2) is 0 Å². The summed E-state index contributed by atoms with van der Waals surface area (Å²) >= 11 is 0.0736. The first kappa shape index (κ1) is 29.5. The van der Waals surface area contributed by atoms with Gasteiger partial charge in [-0.15, -0.1) is 0 Å². The second kappa shape index (κ2) is 28.5. The zero-order valence-corrected chi connectivity index (χ0v) is 20.0. The molecule has 25 heavy (non-hydrogen) atoms. The Morgan fingerprint density at radius 3 is 1.12 bits per heavy atom. The van der Waals surface area contributed by atoms with Gasteiger partial charge in [0.1, 0.15) is 0 Å². The number of carbonyl (C=O) groups is 2. The van der Waals surface area contributed by atoms with Gasteiger partial charge in [0.05, 0.1) is 0 Å². The first-order valence-corrected chi connectivity index (χ1v) is 14.0. The number of carboxylic acid groups (broad SMARTS) is 2. The summed E-state index contributed by atoms with van der Waals surface area (Å²) in [5, 5.41) is 14.8. The van der Waals surface area contributed by atoms with Crippen molar-refractivity contribution in [3.05, 3.63) is 0 Å². The minimum atomic E-state index is -0.833. The normalized spacial score (nSPS) is 9.44. The molecule has 4 nitrogen and oxygen atoms in total. The van der Waals surface area contributed by atoms with E-state index in [1.54, 1.807) is 21.7 Å². The van der Waals surface area contributed by atoms with E-state index in [1.165, 1.54) is 64.2 Å². The zero-order chi connectivity index (χ0) is 19.8. The maximum atomic E-state index is 9.00. The molecule has 0 aromatic rings. The van der Waals surface area contributed by atoms with Gasteiger partial charge in [0.15, 0.2) is 0 Å². The van der Waals surface area contributed by atoms with Gasteiger partial charge in [0, 0.05) is 13.8 Å². The van der Waals surface area contributed by atoms with Gasteiger partial charge in [-0.25, -0.2) is 0 Å². The second-order valence-electron chi connectivity index (χ2n) is 6.32. The topological polar surface area (TPSA) is 74.6 Å². The van der Waals surface area contributed by atoms with Gasteiger partial charge in [-0.1, -0.05) is 0 Å². The van der Waals surface area contributed by atoms with Crippen LogP contribution in [-0.4, -0.2) is 43.3 Å². The fraction of sp³-hybridized carbons (Fsp3) is 0.900. The summed E-state index contributed by atoms with van der Waals surface area (Å²) in [7, 11) is 0. The fourth-order valence-corrected chi connectivity index (χ4v) is 5.75. The van der Waals surface area contributed by atoms with Crippen molar-refractivity contribution in [2.24, 2.45) is 0 Å². The van der Waals surface area contributed by atoms with Crippen LogP contribution in [0.4, 0.5) is 0 Å². The van der Waals surface area contributed by atoms with E-state index in [2.05, 4.69) is 13.8 Å². The second-order valence-corrected chi connectivity index (χ2v) is 10.6. The van der Waals surface area contributed by atoms with Crippen LogP contribution in [0.25, 0.3) is 0 Å². The third-order valence-corrected chi connectivity index (χ3v) is 7.45. The summed E-state index contributed by atoms with van der Waals surface area (Å²) in [6.45, 7) is 6.77. The third kappa shape index (κ3) is 59.4. The Morgan fingerprint density at radius 2 is 0.840 bits per heavy atom. The van der Waals surface area contributed by atoms with Crippen LogP contribution in [0, 0.1) is 0 Å². The van der Waals surface area contributed by atoms with Crippen molar-refractivity contribution in [3.63, 3.8) is 0 Å². The van der Waals surface area contributed by atoms with Crippen LogP contribution in [-0.2, 0) is 9.59 Å². The average molecular weight is 465 g/mol. The molecular weight excluding hydrogens is 423 g/mol. The van der Waals surface area contributed by atoms with E-state index in [0.29, 0.717) is 0 Å². The van der Waals surface area contributed by atoms with Crippen LogP contribution in [0.3, 0.4) is 0 Å². The molecule has 0 saturated carbocycles. The van der Waals surface area contributed by atoms with Gasteiger partial charge in [-0.05, 0) is 0 Å². The molecule has 0 rings (SSSR count). The molecule has 0 heterocycles. The fourth-order valence-electron chi connectivity index (χ4n) is 2.19. The average Bonchev–Trinajstić information content (AvgIpc) is 2.51. The number of aliphatic carboxylic acids is 2. The van der Waals surface area contributed by atoms with Crippen molar-refractivity contribution in [2.45, 2.75) is 114 Å². The van der Waals surface area contributed by atoms with E-state index in [-0.39, 0.29) is 21.1 Å². The van der Waals surface area contributed by atoms with Gasteiger partial charge in [-0.3, -0.25) is 9.59 Å². The molecule has 0 fully saturated rings. The number of rotatable bonds is 14. The molecule has 0 amide bonds. The summed E-state index contributed by atoms with van der Waals surface area (Å²) in [5.74, 6) is -1.67. The first-order chi connectivity index (χ1) is 11.9. The summed E-state index contributed by atoms with van der Waals surface area (Å²) in [6, 6.07) is 0. The predicted molar refractivity (Wildman–Crippen MR) is 109 cm³/mol. The predicted octanol–water partition coefficient (Wildman–Crippen LogP) is 6.43. The van der Waals surface area contributed by atoms with E-state index in [9.17, 15) is 0 Å². The van der Waals surface area contributed by atoms with Crippen LogP contribution in [0.2, 0.25) is 8.87 Å². The molecule has 0 spiro atoms. The summed E-state index contributed by atoms with van der Waals surface area (Å²) in [5.41, 5.74) is 0. The molecule has 0 aliphatic heterocycles. The Hall–Kier alpha value is -0.261. The molecule has 0 bridgehead atoms. The number of unbranched alkanes of at least 4 members (excludes halogenated alkanes) is 10. The SMILES string of the molecule is CC(=O)O.CC(=O)O.CCCCCCC[CH2][Sn][CH2]CCCCCCC. The molecule has 0 saturated heterocycles. The standard InChI is InChI=1S/2C8H17.2C2H4O2.Sn/c2*1-3-5-7-8-6-4-2;2*1-2(3)4;/h2*1,3-8H2,2H3;2*1H3,(H,3,4);. The Bertz CT molecular complexity index is 236. The summed E-state index contributed by atoms with van der Waals surface area (Å²) in [4.78, 5) is 18.0. The van der Waals surface area contributed by atoms with Crippen LogP contribution in [0.1, 0.15) is 105 Å². The number of carboxylic acids is 2. The van der Waals surface area contributed by atoms with E-state index in [1.807, 2.05) is 0 Å². The number of hydrogen-bond acceptors (Lipinski definition) is 2. The summed E-state index contributed by atoms with van der Waals surface area (Å²) < 4.78 is 3.31. The van der Waals surface area contributed by atoms with Crippen molar-refractivity contribution < 1.29 is 19.8 Å². The monoisotopic (exact) mass is 466 g/mol. The molecule has 0 unspecified atom stereocenters. The van der Waals surface area contributed by atoms with Crippen molar-refractivity contribution in [3.8, 4) is 0 Å². The van der Waals surface area contributed by atoms with Crippen molar-refractivity contribution >= 4 is 33.1 Å². The molecule has 0 aliphatic carbocycles. The maximum absolute atomic E-state index is 9.00. The first-order valence-electron chi connectivity index (χ1n) is 9.98. The van der Waals surface area contributed by atoms with Gasteiger partial charge >= 0.3 is 121 Å². The number of hydrogen-bond donors (Lipinski definition) is 2. The van der Waals surface area contributed by atoms with Gasteiger partial charge in [-0.2, -0.15) is 0 Å². The summed E-state index contributed by atoms with van der Waals surface area (Å²) in [6.07, 6.45) is 17.8. The molecule has 2 radical (unpaired) electrons. The van der Waals surface area contributed by atoms with Crippen molar-refractivity contribution in [1.29, 1.82) is 0 Å². The van der Waals surface area contributed by atoms with Gasteiger partial charge < -0.3 is 10.2 Å². The Labute approximate surface area is 166 Å². The molecule has 5 heteroatoms. The minimum absolute atomic E-state index is 0.0736. The molecule has 2 N–H and O–H groups in total. The molecule has 0 aromatic heterocycles. The molecular formula is C20H42O4Sn. The quantitative estimate of drug-likeness (QED) is 0.229. The zero-order valence-electron chi connectivity index (χ0n) is 17.1. The Morgan fingerprint density at radius 1 is 0.600 bits per heavy atom. The van der Waals surface area contributed by atoms with Crippen LogP contribution in [0.5, 0.6) is 0 Å². The Kier molecular flexibility index (Phi) is 33.7. The van der Waals surface area contributed by atoms with E-state index in [0.717, 1.165) is 13.8 Å². The third-order valence-electron chi connectivity index (χ3n) is 3.41. The van der Waals surface area contributed by atoms with Gasteiger partial charge in [0.2, 0.25) is 0 Å². The van der Waals surface area contributed by atoms with Crippen molar-refractivity contribution in [1.82, 2.24) is 0 Å². The molecule has 0 atom stereocenters. The van der Waals surface area contributed by atoms with E-state index in [4.69, 9.17) is 19.8 Å². The van der Waals surface area contributed by atoms with Crippen LogP contribution < -0.4 is 0 Å². The van der Waals surface area contributed by atoms with E-state index >= 15 is 0 Å². The van der Waals surface area contributed by atoms with Gasteiger partial charge in [0.25, 0.3) is 11.9 Å². The van der Waals surface area contributed by atoms with Crippen molar-refractivity contribution in [2.75, 3.05) is 0 Å². The van der Waals surface area contributed by atoms with E-state index < -0.39 is 11.9 Å². The van der Waals surface area contributed by atoms with Crippen LogP contribution >= 0.6 is 0 Å².